The summed E-state index contributed by atoms with van der Waals surface area (Å²) in [4.78, 5) is 1.18. The van der Waals surface area contributed by atoms with Crippen molar-refractivity contribution in [1.82, 2.24) is 0 Å². The summed E-state index contributed by atoms with van der Waals surface area (Å²) in [5, 5.41) is 11.7. The van der Waals surface area contributed by atoms with Crippen molar-refractivity contribution in [2.24, 2.45) is 0 Å². The molecule has 0 amide bonds. The minimum absolute atomic E-state index is 0.0569. The predicted octanol–water partition coefficient (Wildman–Crippen LogP) is 6.23. The highest BCUT2D eigenvalue weighted by Gasteiger charge is 2.17. The zero-order valence-electron chi connectivity index (χ0n) is 15.1. The molecule has 4 rings (SSSR count). The Kier molecular flexibility index (Phi) is 4.53. The first-order valence-electron chi connectivity index (χ1n) is 9.06. The molecule has 0 radical (unpaired) electrons. The third-order valence-electron chi connectivity index (χ3n) is 4.80. The van der Waals surface area contributed by atoms with Gasteiger partial charge in [0.2, 0.25) is 0 Å². The van der Waals surface area contributed by atoms with E-state index in [0.717, 1.165) is 5.56 Å². The number of benzene rings is 2. The standard InChI is InChI=1S/C23H21NOS/c1-15(2)25-22-10-9-17(11-18(22)13-24)23-12-19(14-26-23)21-8-4-6-16-5-3-7-20(16)21/h4,6,8-12,14-15H,3,5,7H2,1-2H3. The second-order valence-corrected chi connectivity index (χ2v) is 7.90. The molecule has 1 aromatic heterocycles. The third kappa shape index (κ3) is 3.13. The quantitative estimate of drug-likeness (QED) is 0.553. The maximum absolute atomic E-state index is 9.47. The van der Waals surface area contributed by atoms with Crippen molar-refractivity contribution < 1.29 is 4.74 Å². The highest BCUT2D eigenvalue weighted by atomic mass is 32.1. The molecular formula is C23H21NOS. The number of fused-ring (bicyclic) bond motifs is 1. The number of hydrogen-bond acceptors (Lipinski definition) is 3. The summed E-state index contributed by atoms with van der Waals surface area (Å²) < 4.78 is 5.73. The normalized spacial score (nSPS) is 12.8. The Hall–Kier alpha value is -2.57. The van der Waals surface area contributed by atoms with E-state index in [1.807, 2.05) is 32.0 Å². The van der Waals surface area contributed by atoms with Gasteiger partial charge >= 0.3 is 0 Å². The molecule has 130 valence electrons. The minimum atomic E-state index is 0.0569. The van der Waals surface area contributed by atoms with Gasteiger partial charge in [-0.2, -0.15) is 5.26 Å². The summed E-state index contributed by atoms with van der Waals surface area (Å²) in [5.74, 6) is 0.656. The molecule has 0 unspecified atom stereocenters. The van der Waals surface area contributed by atoms with E-state index in [4.69, 9.17) is 4.74 Å². The molecule has 1 aliphatic carbocycles. The van der Waals surface area contributed by atoms with Gasteiger partial charge in [-0.1, -0.05) is 18.2 Å². The van der Waals surface area contributed by atoms with E-state index in [-0.39, 0.29) is 6.10 Å². The van der Waals surface area contributed by atoms with Gasteiger partial charge < -0.3 is 4.74 Å². The van der Waals surface area contributed by atoms with E-state index in [2.05, 4.69) is 35.7 Å². The van der Waals surface area contributed by atoms with Gasteiger partial charge in [0.15, 0.2) is 0 Å². The van der Waals surface area contributed by atoms with Crippen LogP contribution >= 0.6 is 11.3 Å². The summed E-state index contributed by atoms with van der Waals surface area (Å²) in [6, 6.07) is 17.1. The van der Waals surface area contributed by atoms with Crippen LogP contribution in [0.3, 0.4) is 0 Å². The largest absolute Gasteiger partial charge is 0.490 e. The van der Waals surface area contributed by atoms with Gasteiger partial charge in [-0.05, 0) is 90.6 Å². The van der Waals surface area contributed by atoms with Gasteiger partial charge in [0.05, 0.1) is 11.7 Å². The zero-order valence-corrected chi connectivity index (χ0v) is 15.9. The molecule has 2 aromatic carbocycles. The van der Waals surface area contributed by atoms with Gasteiger partial charge in [-0.15, -0.1) is 11.3 Å². The van der Waals surface area contributed by atoms with Gasteiger partial charge in [0, 0.05) is 4.88 Å². The molecule has 26 heavy (non-hydrogen) atoms. The molecule has 0 saturated carbocycles. The number of rotatable bonds is 4. The molecular weight excluding hydrogens is 338 g/mol. The van der Waals surface area contributed by atoms with Gasteiger partial charge in [0.1, 0.15) is 11.8 Å². The fourth-order valence-corrected chi connectivity index (χ4v) is 4.55. The fraction of sp³-hybridized carbons (Fsp3) is 0.261. The second-order valence-electron chi connectivity index (χ2n) is 6.99. The van der Waals surface area contributed by atoms with Crippen LogP contribution in [0.5, 0.6) is 5.75 Å². The Morgan fingerprint density at radius 2 is 1.96 bits per heavy atom. The molecule has 1 heterocycles. The number of nitriles is 1. The van der Waals surface area contributed by atoms with Crippen molar-refractivity contribution in [3.63, 3.8) is 0 Å². The summed E-state index contributed by atoms with van der Waals surface area (Å²) in [5.41, 5.74) is 7.31. The lowest BCUT2D eigenvalue weighted by molar-refractivity contribution is 0.242. The molecule has 0 saturated heterocycles. The Balaban J connectivity index is 1.69. The lowest BCUT2D eigenvalue weighted by atomic mass is 9.98. The van der Waals surface area contributed by atoms with Crippen LogP contribution in [-0.4, -0.2) is 6.10 Å². The monoisotopic (exact) mass is 359 g/mol. The Morgan fingerprint density at radius 1 is 1.08 bits per heavy atom. The average molecular weight is 359 g/mol. The number of hydrogen-bond donors (Lipinski definition) is 0. The summed E-state index contributed by atoms with van der Waals surface area (Å²) >= 11 is 1.73. The molecule has 0 spiro atoms. The Morgan fingerprint density at radius 3 is 2.77 bits per heavy atom. The molecule has 3 heteroatoms. The van der Waals surface area contributed by atoms with E-state index >= 15 is 0 Å². The van der Waals surface area contributed by atoms with Gasteiger partial charge in [-0.25, -0.2) is 0 Å². The molecule has 0 atom stereocenters. The van der Waals surface area contributed by atoms with Crippen LogP contribution in [-0.2, 0) is 12.8 Å². The van der Waals surface area contributed by atoms with Crippen molar-refractivity contribution in [3.8, 4) is 33.4 Å². The van der Waals surface area contributed by atoms with Crippen LogP contribution in [0.15, 0.2) is 47.8 Å². The number of nitrogens with zero attached hydrogens (tertiary/aromatic N) is 1. The topological polar surface area (TPSA) is 33.0 Å². The van der Waals surface area contributed by atoms with E-state index in [1.165, 1.54) is 46.4 Å². The molecule has 3 aromatic rings. The van der Waals surface area contributed by atoms with Crippen LogP contribution in [0, 0.1) is 11.3 Å². The van der Waals surface area contributed by atoms with Crippen LogP contribution in [0.4, 0.5) is 0 Å². The first-order valence-corrected chi connectivity index (χ1v) is 9.94. The molecule has 0 N–H and O–H groups in total. The Labute approximate surface area is 158 Å². The first-order chi connectivity index (χ1) is 12.7. The maximum atomic E-state index is 9.47. The van der Waals surface area contributed by atoms with Crippen LogP contribution in [0.1, 0.15) is 37.0 Å². The predicted molar refractivity (Wildman–Crippen MR) is 108 cm³/mol. The van der Waals surface area contributed by atoms with Gasteiger partial charge in [-0.3, -0.25) is 0 Å². The molecule has 0 aliphatic heterocycles. The molecule has 0 fully saturated rings. The minimum Gasteiger partial charge on any atom is -0.490 e. The van der Waals surface area contributed by atoms with Crippen molar-refractivity contribution >= 4 is 11.3 Å². The molecule has 1 aliphatic rings. The second kappa shape index (κ2) is 6.97. The number of ether oxygens (including phenoxy) is 1. The number of aryl methyl sites for hydroxylation is 1. The number of thiophene rings is 1. The van der Waals surface area contributed by atoms with Gasteiger partial charge in [0.25, 0.3) is 0 Å². The van der Waals surface area contributed by atoms with E-state index in [9.17, 15) is 5.26 Å². The Bertz CT molecular complexity index is 994. The van der Waals surface area contributed by atoms with Crippen molar-refractivity contribution in [3.05, 3.63) is 64.5 Å². The van der Waals surface area contributed by atoms with E-state index < -0.39 is 0 Å². The fourth-order valence-electron chi connectivity index (χ4n) is 3.65. The average Bonchev–Trinajstić information content (AvgIpc) is 3.30. The van der Waals surface area contributed by atoms with E-state index in [0.29, 0.717) is 11.3 Å². The van der Waals surface area contributed by atoms with Crippen molar-refractivity contribution in [2.45, 2.75) is 39.2 Å². The van der Waals surface area contributed by atoms with Crippen molar-refractivity contribution in [1.29, 1.82) is 5.26 Å². The SMILES string of the molecule is CC(C)Oc1ccc(-c2cc(-c3cccc4c3CCC4)cs2)cc1C#N. The summed E-state index contributed by atoms with van der Waals surface area (Å²) in [6.07, 6.45) is 3.69. The lowest BCUT2D eigenvalue weighted by Gasteiger charge is -2.11. The van der Waals surface area contributed by atoms with Crippen LogP contribution < -0.4 is 4.74 Å². The highest BCUT2D eigenvalue weighted by molar-refractivity contribution is 7.14. The lowest BCUT2D eigenvalue weighted by Crippen LogP contribution is -2.06. The summed E-state index contributed by atoms with van der Waals surface area (Å²) in [7, 11) is 0. The highest BCUT2D eigenvalue weighted by Crippen LogP contribution is 2.38. The molecule has 2 nitrogen and oxygen atoms in total. The van der Waals surface area contributed by atoms with E-state index in [1.54, 1.807) is 11.3 Å². The van der Waals surface area contributed by atoms with Crippen molar-refractivity contribution in [2.75, 3.05) is 0 Å². The maximum Gasteiger partial charge on any atom is 0.137 e. The smallest absolute Gasteiger partial charge is 0.137 e. The summed E-state index contributed by atoms with van der Waals surface area (Å²) in [6.45, 7) is 3.94. The first kappa shape index (κ1) is 16.9. The molecule has 0 bridgehead atoms. The third-order valence-corrected chi connectivity index (χ3v) is 5.78. The van der Waals surface area contributed by atoms with Crippen LogP contribution in [0.2, 0.25) is 0 Å². The van der Waals surface area contributed by atoms with Crippen LogP contribution in [0.25, 0.3) is 21.6 Å². The zero-order chi connectivity index (χ0) is 18.1.